The molecule has 0 aromatic heterocycles. The third-order valence-electron chi connectivity index (χ3n) is 4.76. The summed E-state index contributed by atoms with van der Waals surface area (Å²) in [7, 11) is 0. The van der Waals surface area contributed by atoms with Gasteiger partial charge in [-0.05, 0) is 61.2 Å². The van der Waals surface area contributed by atoms with Crippen LogP contribution < -0.4 is 10.1 Å². The molecule has 0 aliphatic carbocycles. The minimum Gasteiger partial charge on any atom is -0.484 e. The highest BCUT2D eigenvalue weighted by molar-refractivity contribution is 6.42. The Morgan fingerprint density at radius 2 is 1.74 bits per heavy atom. The first-order valence-corrected chi connectivity index (χ1v) is 11.3. The maximum absolute atomic E-state index is 13.1. The van der Waals surface area contributed by atoms with Crippen LogP contribution in [0.5, 0.6) is 5.75 Å². The lowest BCUT2D eigenvalue weighted by molar-refractivity contribution is -0.143. The van der Waals surface area contributed by atoms with Crippen molar-refractivity contribution in [3.05, 3.63) is 62.6 Å². The van der Waals surface area contributed by atoms with Gasteiger partial charge >= 0.3 is 0 Å². The van der Waals surface area contributed by atoms with Crippen molar-refractivity contribution in [3.63, 3.8) is 0 Å². The van der Waals surface area contributed by atoms with E-state index in [1.165, 1.54) is 4.90 Å². The molecule has 168 valence electrons. The lowest BCUT2D eigenvalue weighted by atomic mass is 10.1. The van der Waals surface area contributed by atoms with E-state index >= 15 is 0 Å². The van der Waals surface area contributed by atoms with Gasteiger partial charge in [0.05, 0.1) is 10.0 Å². The topological polar surface area (TPSA) is 58.6 Å². The van der Waals surface area contributed by atoms with E-state index < -0.39 is 6.04 Å². The van der Waals surface area contributed by atoms with Crippen LogP contribution in [0.25, 0.3) is 0 Å². The zero-order chi connectivity index (χ0) is 23.0. The number of nitrogens with zero attached hydrogens (tertiary/aromatic N) is 1. The summed E-state index contributed by atoms with van der Waals surface area (Å²) < 4.78 is 5.69. The fraction of sp³-hybridized carbons (Fsp3) is 0.391. The van der Waals surface area contributed by atoms with Crippen LogP contribution >= 0.6 is 34.8 Å². The first-order valence-electron chi connectivity index (χ1n) is 10.2. The second kappa shape index (κ2) is 12.2. The first-order chi connectivity index (χ1) is 14.8. The molecule has 0 saturated carbocycles. The van der Waals surface area contributed by atoms with Gasteiger partial charge < -0.3 is 15.0 Å². The fourth-order valence-corrected chi connectivity index (χ4v) is 3.49. The second-order valence-electron chi connectivity index (χ2n) is 7.18. The second-order valence-corrected chi connectivity index (χ2v) is 8.41. The molecular formula is C23H27Cl3N2O3. The number of halogens is 3. The van der Waals surface area contributed by atoms with Crippen molar-refractivity contribution in [3.8, 4) is 5.75 Å². The average Bonchev–Trinajstić information content (AvgIpc) is 2.75. The van der Waals surface area contributed by atoms with Gasteiger partial charge in [-0.25, -0.2) is 0 Å². The molecule has 1 unspecified atom stereocenters. The highest BCUT2D eigenvalue weighted by Gasteiger charge is 2.29. The number of nitrogens with one attached hydrogen (secondary N) is 1. The summed E-state index contributed by atoms with van der Waals surface area (Å²) in [5.74, 6) is 0.0329. The van der Waals surface area contributed by atoms with Crippen LogP contribution in [-0.4, -0.2) is 35.9 Å². The van der Waals surface area contributed by atoms with Crippen molar-refractivity contribution in [2.24, 2.45) is 0 Å². The van der Waals surface area contributed by atoms with Crippen molar-refractivity contribution in [1.29, 1.82) is 0 Å². The number of carbonyl (C=O) groups is 2. The lowest BCUT2D eigenvalue weighted by Gasteiger charge is -2.30. The number of benzene rings is 2. The molecule has 0 saturated heterocycles. The standard InChI is InChI=1S/C23H27Cl3N2O3/c1-4-10-27-23(30)21(5-2)28(13-16-6-8-19(25)20(26)12-16)22(29)14-31-17-7-9-18(24)15(3)11-17/h6-9,11-12,21H,4-5,10,13-14H2,1-3H3,(H,27,30). The highest BCUT2D eigenvalue weighted by Crippen LogP contribution is 2.25. The molecule has 0 aliphatic rings. The van der Waals surface area contributed by atoms with Crippen LogP contribution in [0.15, 0.2) is 36.4 Å². The molecule has 2 aromatic carbocycles. The Balaban J connectivity index is 2.23. The van der Waals surface area contributed by atoms with Gasteiger partial charge in [-0.3, -0.25) is 9.59 Å². The maximum Gasteiger partial charge on any atom is 0.261 e. The number of carbonyl (C=O) groups excluding carboxylic acids is 2. The van der Waals surface area contributed by atoms with Gasteiger partial charge in [0, 0.05) is 18.1 Å². The monoisotopic (exact) mass is 484 g/mol. The Hall–Kier alpha value is -1.95. The van der Waals surface area contributed by atoms with Gasteiger partial charge in [-0.2, -0.15) is 0 Å². The van der Waals surface area contributed by atoms with Crippen LogP contribution in [0.4, 0.5) is 0 Å². The highest BCUT2D eigenvalue weighted by atomic mass is 35.5. The Labute approximate surface area is 198 Å². The summed E-state index contributed by atoms with van der Waals surface area (Å²) in [5.41, 5.74) is 1.62. The molecular weight excluding hydrogens is 459 g/mol. The van der Waals surface area contributed by atoms with Crippen molar-refractivity contribution < 1.29 is 14.3 Å². The lowest BCUT2D eigenvalue weighted by Crippen LogP contribution is -2.50. The Bertz CT molecular complexity index is 921. The van der Waals surface area contributed by atoms with E-state index in [0.29, 0.717) is 33.8 Å². The van der Waals surface area contributed by atoms with Gasteiger partial charge in [0.1, 0.15) is 11.8 Å². The van der Waals surface area contributed by atoms with Gasteiger partial charge in [0.2, 0.25) is 5.91 Å². The van der Waals surface area contributed by atoms with E-state index in [0.717, 1.165) is 17.5 Å². The molecule has 1 atom stereocenters. The van der Waals surface area contributed by atoms with Crippen molar-refractivity contribution in [2.45, 2.75) is 46.2 Å². The number of hydrogen-bond donors (Lipinski definition) is 1. The number of amides is 2. The largest absolute Gasteiger partial charge is 0.484 e. The van der Waals surface area contributed by atoms with Gasteiger partial charge in [0.25, 0.3) is 5.91 Å². The summed E-state index contributed by atoms with van der Waals surface area (Å²) in [6.45, 7) is 6.25. The minimum absolute atomic E-state index is 0.194. The van der Waals surface area contributed by atoms with Gasteiger partial charge in [0.15, 0.2) is 6.61 Å². The maximum atomic E-state index is 13.1. The Morgan fingerprint density at radius 3 is 2.35 bits per heavy atom. The molecule has 2 amide bonds. The predicted molar refractivity (Wildman–Crippen MR) is 126 cm³/mol. The average molecular weight is 486 g/mol. The first kappa shape index (κ1) is 25.3. The van der Waals surface area contributed by atoms with Crippen LogP contribution in [0.3, 0.4) is 0 Å². The Kier molecular flexibility index (Phi) is 9.94. The summed E-state index contributed by atoms with van der Waals surface area (Å²) in [5, 5.41) is 4.32. The molecule has 31 heavy (non-hydrogen) atoms. The van der Waals surface area contributed by atoms with Crippen LogP contribution in [0.2, 0.25) is 15.1 Å². The molecule has 0 aliphatic heterocycles. The van der Waals surface area contributed by atoms with E-state index in [1.54, 1.807) is 36.4 Å². The van der Waals surface area contributed by atoms with E-state index in [1.807, 2.05) is 20.8 Å². The van der Waals surface area contributed by atoms with E-state index in [2.05, 4.69) is 5.32 Å². The molecule has 0 heterocycles. The predicted octanol–water partition coefficient (Wildman–Crippen LogP) is 5.67. The van der Waals surface area contributed by atoms with Crippen LogP contribution in [0.1, 0.15) is 37.8 Å². The molecule has 0 bridgehead atoms. The number of hydrogen-bond acceptors (Lipinski definition) is 3. The number of ether oxygens (including phenoxy) is 1. The molecule has 2 rings (SSSR count). The molecule has 5 nitrogen and oxygen atoms in total. The zero-order valence-corrected chi connectivity index (χ0v) is 20.2. The van der Waals surface area contributed by atoms with Crippen LogP contribution in [0, 0.1) is 6.92 Å². The fourth-order valence-electron chi connectivity index (χ4n) is 3.06. The molecule has 0 radical (unpaired) electrons. The van der Waals surface area contributed by atoms with Crippen molar-refractivity contribution >= 4 is 46.6 Å². The molecule has 1 N–H and O–H groups in total. The van der Waals surface area contributed by atoms with Crippen LogP contribution in [-0.2, 0) is 16.1 Å². The SMILES string of the molecule is CCCNC(=O)C(CC)N(Cc1ccc(Cl)c(Cl)c1)C(=O)COc1ccc(Cl)c(C)c1. The quantitative estimate of drug-likeness (QED) is 0.472. The van der Waals surface area contributed by atoms with Gasteiger partial charge in [-0.15, -0.1) is 0 Å². The summed E-state index contributed by atoms with van der Waals surface area (Å²) in [6, 6.07) is 9.72. The minimum atomic E-state index is -0.635. The third-order valence-corrected chi connectivity index (χ3v) is 5.93. The summed E-state index contributed by atoms with van der Waals surface area (Å²) in [6.07, 6.45) is 1.27. The van der Waals surface area contributed by atoms with E-state index in [9.17, 15) is 9.59 Å². The van der Waals surface area contributed by atoms with E-state index in [-0.39, 0.29) is 25.0 Å². The molecule has 0 spiro atoms. The zero-order valence-electron chi connectivity index (χ0n) is 17.9. The van der Waals surface area contributed by atoms with Crippen molar-refractivity contribution in [2.75, 3.05) is 13.2 Å². The molecule has 2 aromatic rings. The Morgan fingerprint density at radius 1 is 1.03 bits per heavy atom. The van der Waals surface area contributed by atoms with E-state index in [4.69, 9.17) is 39.5 Å². The van der Waals surface area contributed by atoms with Crippen molar-refractivity contribution in [1.82, 2.24) is 10.2 Å². The normalized spacial score (nSPS) is 11.7. The summed E-state index contributed by atoms with van der Waals surface area (Å²) >= 11 is 18.2. The smallest absolute Gasteiger partial charge is 0.261 e. The number of rotatable bonds is 10. The number of aryl methyl sites for hydroxylation is 1. The molecule has 8 heteroatoms. The third kappa shape index (κ3) is 7.30. The van der Waals surface area contributed by atoms with Gasteiger partial charge in [-0.1, -0.05) is 54.7 Å². The summed E-state index contributed by atoms with van der Waals surface area (Å²) in [4.78, 5) is 27.4. The molecule has 0 fully saturated rings.